The lowest BCUT2D eigenvalue weighted by Crippen LogP contribution is -2.48. The molecule has 0 radical (unpaired) electrons. The van der Waals surface area contributed by atoms with Crippen LogP contribution in [0.15, 0.2) is 53.6 Å². The Morgan fingerprint density at radius 2 is 2.11 bits per heavy atom. The van der Waals surface area contributed by atoms with Crippen LogP contribution in [0.1, 0.15) is 30.8 Å². The summed E-state index contributed by atoms with van der Waals surface area (Å²) in [6, 6.07) is 8.89. The molecule has 0 aliphatic carbocycles. The van der Waals surface area contributed by atoms with Gasteiger partial charge >= 0.3 is 0 Å². The number of aromatic nitrogens is 3. The van der Waals surface area contributed by atoms with Crippen LogP contribution in [0.2, 0.25) is 5.15 Å². The van der Waals surface area contributed by atoms with Crippen LogP contribution in [-0.4, -0.2) is 65.3 Å². The average molecular weight is 510 g/mol. The van der Waals surface area contributed by atoms with Crippen LogP contribution in [0.4, 0.5) is 10.2 Å². The fourth-order valence-electron chi connectivity index (χ4n) is 4.60. The van der Waals surface area contributed by atoms with Gasteiger partial charge in [0.2, 0.25) is 0 Å². The predicted octanol–water partition coefficient (Wildman–Crippen LogP) is 5.02. The molecule has 3 N–H and O–H groups in total. The first kappa shape index (κ1) is 26.0. The smallest absolute Gasteiger partial charge is 0.164 e. The molecule has 0 spiro atoms. The van der Waals surface area contributed by atoms with Gasteiger partial charge in [0.25, 0.3) is 0 Å². The van der Waals surface area contributed by atoms with E-state index in [4.69, 9.17) is 11.6 Å². The van der Waals surface area contributed by atoms with E-state index in [9.17, 15) is 4.39 Å². The van der Waals surface area contributed by atoms with Crippen molar-refractivity contribution in [2.45, 2.75) is 32.7 Å². The monoisotopic (exact) mass is 509 g/mol. The van der Waals surface area contributed by atoms with Crippen molar-refractivity contribution < 1.29 is 4.39 Å². The molecule has 3 aromatic rings. The number of allylic oxidation sites excluding steroid dienone is 3. The second-order valence-corrected chi connectivity index (χ2v) is 9.49. The molecule has 1 atom stereocenters. The van der Waals surface area contributed by atoms with Crippen molar-refractivity contribution >= 4 is 40.6 Å². The summed E-state index contributed by atoms with van der Waals surface area (Å²) in [5, 5.41) is 8.21. The van der Waals surface area contributed by atoms with Crippen LogP contribution in [0.5, 0.6) is 0 Å². The zero-order chi connectivity index (χ0) is 25.5. The molecule has 190 valence electrons. The predicted molar refractivity (Wildman–Crippen MR) is 148 cm³/mol. The molecule has 1 fully saturated rings. The molecule has 0 saturated carbocycles. The van der Waals surface area contributed by atoms with Gasteiger partial charge in [0.1, 0.15) is 11.0 Å². The third kappa shape index (κ3) is 6.78. The summed E-state index contributed by atoms with van der Waals surface area (Å²) in [6.07, 6.45) is 6.61. The molecule has 1 aliphatic rings. The maximum Gasteiger partial charge on any atom is 0.164 e. The van der Waals surface area contributed by atoms with Crippen LogP contribution >= 0.6 is 11.6 Å². The van der Waals surface area contributed by atoms with Gasteiger partial charge in [-0.1, -0.05) is 23.7 Å². The zero-order valence-electron chi connectivity index (χ0n) is 20.8. The summed E-state index contributed by atoms with van der Waals surface area (Å²) in [7, 11) is 0. The number of fused-ring (bicyclic) bond motifs is 1. The van der Waals surface area contributed by atoms with Crippen molar-refractivity contribution in [3.63, 3.8) is 0 Å². The minimum atomic E-state index is -0.385. The van der Waals surface area contributed by atoms with Crippen molar-refractivity contribution in [2.24, 2.45) is 4.99 Å². The summed E-state index contributed by atoms with van der Waals surface area (Å²) in [6.45, 7) is 12.1. The van der Waals surface area contributed by atoms with E-state index in [2.05, 4.69) is 73.5 Å². The summed E-state index contributed by atoms with van der Waals surface area (Å²) >= 11 is 6.20. The highest BCUT2D eigenvalue weighted by molar-refractivity contribution is 6.29. The summed E-state index contributed by atoms with van der Waals surface area (Å²) in [5.74, 6) is 0.460. The summed E-state index contributed by atoms with van der Waals surface area (Å²) < 4.78 is 13.5. The Hall–Kier alpha value is -3.07. The molecule has 0 unspecified atom stereocenters. The van der Waals surface area contributed by atoms with Crippen LogP contribution in [0, 0.1) is 0 Å². The number of aliphatic imine (C=N–C) groups is 1. The lowest BCUT2D eigenvalue weighted by Gasteiger charge is -2.32. The van der Waals surface area contributed by atoms with Gasteiger partial charge in [-0.25, -0.2) is 14.4 Å². The van der Waals surface area contributed by atoms with Crippen molar-refractivity contribution in [1.29, 1.82) is 0 Å². The van der Waals surface area contributed by atoms with E-state index in [-0.39, 0.29) is 16.8 Å². The first-order valence-electron chi connectivity index (χ1n) is 12.2. The third-order valence-electron chi connectivity index (χ3n) is 6.38. The maximum absolute atomic E-state index is 13.5. The van der Waals surface area contributed by atoms with Crippen molar-refractivity contribution in [3.8, 4) is 0 Å². The van der Waals surface area contributed by atoms with E-state index in [0.717, 1.165) is 44.5 Å². The van der Waals surface area contributed by atoms with Gasteiger partial charge < -0.3 is 15.6 Å². The zero-order valence-corrected chi connectivity index (χ0v) is 21.6. The Bertz CT molecular complexity index is 1260. The molecule has 2 aromatic heterocycles. The van der Waals surface area contributed by atoms with Crippen LogP contribution in [0.25, 0.3) is 16.5 Å². The van der Waals surface area contributed by atoms with Gasteiger partial charge in [0, 0.05) is 73.7 Å². The molecular weight excluding hydrogens is 477 g/mol. The average Bonchev–Trinajstić information content (AvgIpc) is 3.26. The largest absolute Gasteiger partial charge is 0.370 e. The number of benzene rings is 1. The van der Waals surface area contributed by atoms with E-state index >= 15 is 0 Å². The number of piperazine rings is 1. The molecule has 4 rings (SSSR count). The number of rotatable bonds is 10. The van der Waals surface area contributed by atoms with Crippen LogP contribution in [-0.2, 0) is 12.8 Å². The summed E-state index contributed by atoms with van der Waals surface area (Å²) in [4.78, 5) is 18.4. The van der Waals surface area contributed by atoms with Gasteiger partial charge in [-0.3, -0.25) is 9.89 Å². The number of anilines is 1. The van der Waals surface area contributed by atoms with E-state index in [0.29, 0.717) is 24.0 Å². The van der Waals surface area contributed by atoms with Crippen molar-refractivity contribution in [2.75, 3.05) is 38.0 Å². The van der Waals surface area contributed by atoms with E-state index in [1.54, 1.807) is 6.07 Å². The lowest BCUT2D eigenvalue weighted by molar-refractivity contribution is 0.183. The Balaban J connectivity index is 1.40. The number of hydrogen-bond donors (Lipinski definition) is 3. The van der Waals surface area contributed by atoms with Gasteiger partial charge in [0.05, 0.1) is 5.83 Å². The van der Waals surface area contributed by atoms with E-state index < -0.39 is 0 Å². The first-order chi connectivity index (χ1) is 17.4. The highest BCUT2D eigenvalue weighted by Gasteiger charge is 2.17. The molecule has 1 aliphatic heterocycles. The molecule has 9 heteroatoms. The third-order valence-corrected chi connectivity index (χ3v) is 6.57. The Kier molecular flexibility index (Phi) is 8.85. The van der Waals surface area contributed by atoms with Gasteiger partial charge in [-0.05, 0) is 56.7 Å². The minimum absolute atomic E-state index is 0.261. The van der Waals surface area contributed by atoms with E-state index in [1.165, 1.54) is 35.7 Å². The maximum atomic E-state index is 13.5. The fourth-order valence-corrected chi connectivity index (χ4v) is 4.78. The Morgan fingerprint density at radius 3 is 2.86 bits per heavy atom. The van der Waals surface area contributed by atoms with Crippen molar-refractivity contribution in [1.82, 2.24) is 25.2 Å². The first-order valence-corrected chi connectivity index (χ1v) is 12.6. The minimum Gasteiger partial charge on any atom is -0.370 e. The molecule has 0 bridgehead atoms. The van der Waals surface area contributed by atoms with Gasteiger partial charge in [0.15, 0.2) is 5.82 Å². The van der Waals surface area contributed by atoms with Crippen molar-refractivity contribution in [3.05, 3.63) is 70.7 Å². The molecule has 36 heavy (non-hydrogen) atoms. The number of nitrogens with one attached hydrogen (secondary N) is 3. The number of hydrogen-bond acceptors (Lipinski definition) is 6. The number of halogens is 2. The van der Waals surface area contributed by atoms with Gasteiger partial charge in [-0.15, -0.1) is 0 Å². The molecule has 7 nitrogen and oxygen atoms in total. The van der Waals surface area contributed by atoms with Crippen LogP contribution < -0.4 is 10.6 Å². The quantitative estimate of drug-likeness (QED) is 0.203. The topological polar surface area (TPSA) is 81.2 Å². The van der Waals surface area contributed by atoms with Crippen LogP contribution in [0.3, 0.4) is 0 Å². The Labute approximate surface area is 216 Å². The standard InChI is InChI=1S/C27H33ClFN7/c1-18(29)12-22(16-30-3)27-34-25(28)15-26(35-27)32-7-6-21-17-33-24-14-20(4-5-23(21)24)13-19(2)36-10-8-31-9-11-36/h4-5,12,14-17,19,31,33H,3,6-11,13H2,1-2H3,(H,32,34,35)/b18-12+,22-16+/t19-/m0/s1. The molecule has 3 heterocycles. The molecule has 0 amide bonds. The second-order valence-electron chi connectivity index (χ2n) is 9.11. The van der Waals surface area contributed by atoms with E-state index in [1.807, 2.05) is 0 Å². The highest BCUT2D eigenvalue weighted by atomic mass is 35.5. The number of nitrogens with zero attached hydrogens (tertiary/aromatic N) is 4. The van der Waals surface area contributed by atoms with Gasteiger partial charge in [-0.2, -0.15) is 0 Å². The normalized spacial score (nSPS) is 16.3. The highest BCUT2D eigenvalue weighted by Crippen LogP contribution is 2.23. The summed E-state index contributed by atoms with van der Waals surface area (Å²) in [5.41, 5.74) is 4.13. The molecule has 1 aromatic carbocycles. The SMILES string of the molecule is C=N/C=C(\C=C(/C)F)c1nc(Cl)cc(NCCc2c[nH]c3cc(C[C@H](C)N4CCNCC4)ccc23)n1. The second kappa shape index (κ2) is 12.3. The number of H-pyrrole nitrogens is 1. The lowest BCUT2D eigenvalue weighted by atomic mass is 10.0. The fraction of sp³-hybridized carbons (Fsp3) is 0.370. The Morgan fingerprint density at radius 1 is 1.31 bits per heavy atom. The molecule has 1 saturated heterocycles. The number of aromatic amines is 1. The molecular formula is C27H33ClFN7.